The fourth-order valence-electron chi connectivity index (χ4n) is 2.33. The van der Waals surface area contributed by atoms with E-state index in [-0.39, 0.29) is 17.7 Å². The Kier molecular flexibility index (Phi) is 2.88. The molecule has 2 atom stereocenters. The first-order chi connectivity index (χ1) is 8.10. The molecule has 4 heteroatoms. The predicted molar refractivity (Wildman–Crippen MR) is 64.4 cm³/mol. The van der Waals surface area contributed by atoms with Gasteiger partial charge in [0.15, 0.2) is 0 Å². The molecule has 0 heterocycles. The molecule has 0 bridgehead atoms. The monoisotopic (exact) mass is 232 g/mol. The van der Waals surface area contributed by atoms with Crippen molar-refractivity contribution in [2.75, 3.05) is 7.05 Å². The van der Waals surface area contributed by atoms with Crippen molar-refractivity contribution in [2.45, 2.75) is 24.8 Å². The minimum atomic E-state index is -0.748. The van der Waals surface area contributed by atoms with Gasteiger partial charge < -0.3 is 10.6 Å². The van der Waals surface area contributed by atoms with Gasteiger partial charge in [0.1, 0.15) is 5.54 Å². The first-order valence-corrected chi connectivity index (χ1v) is 5.66. The van der Waals surface area contributed by atoms with E-state index in [2.05, 4.69) is 10.6 Å². The Hall–Kier alpha value is -1.84. The van der Waals surface area contributed by atoms with Crippen LogP contribution in [0, 0.1) is 0 Å². The molecule has 1 aliphatic rings. The Bertz CT molecular complexity index is 444. The van der Waals surface area contributed by atoms with Gasteiger partial charge in [0.2, 0.25) is 11.8 Å². The van der Waals surface area contributed by atoms with E-state index in [4.69, 9.17) is 0 Å². The maximum absolute atomic E-state index is 11.9. The van der Waals surface area contributed by atoms with Gasteiger partial charge in [-0.05, 0) is 12.0 Å². The van der Waals surface area contributed by atoms with E-state index in [1.165, 1.54) is 6.92 Å². The zero-order valence-electron chi connectivity index (χ0n) is 9.99. The van der Waals surface area contributed by atoms with Crippen molar-refractivity contribution in [2.24, 2.45) is 0 Å². The van der Waals surface area contributed by atoms with E-state index in [1.807, 2.05) is 30.3 Å². The third-order valence-corrected chi connectivity index (χ3v) is 3.19. The standard InChI is InChI=1S/C13H16N2O2/c1-9(16)15-13(12(17)14-2)8-11(13)10-6-4-3-5-7-10/h3-7,11H,8H2,1-2H3,(H,14,17)(H,15,16)/t11-,13+/m0/s1. The summed E-state index contributed by atoms with van der Waals surface area (Å²) in [6, 6.07) is 9.78. The second kappa shape index (κ2) is 4.20. The summed E-state index contributed by atoms with van der Waals surface area (Å²) in [5, 5.41) is 5.40. The fraction of sp³-hybridized carbons (Fsp3) is 0.385. The third-order valence-electron chi connectivity index (χ3n) is 3.19. The van der Waals surface area contributed by atoms with Crippen LogP contribution in [0.15, 0.2) is 30.3 Å². The molecule has 1 aromatic rings. The SMILES string of the molecule is CNC(=O)[C@@]1(NC(C)=O)C[C@H]1c1ccccc1. The zero-order chi connectivity index (χ0) is 12.5. The number of rotatable bonds is 3. The molecule has 2 N–H and O–H groups in total. The van der Waals surface area contributed by atoms with Crippen LogP contribution in [0.25, 0.3) is 0 Å². The van der Waals surface area contributed by atoms with Crippen molar-refractivity contribution in [1.29, 1.82) is 0 Å². The molecule has 2 rings (SSSR count). The summed E-state index contributed by atoms with van der Waals surface area (Å²) in [5.41, 5.74) is 0.340. The summed E-state index contributed by atoms with van der Waals surface area (Å²) in [5.74, 6) is -0.221. The Labute approximate surface area is 100 Å². The topological polar surface area (TPSA) is 58.2 Å². The summed E-state index contributed by atoms with van der Waals surface area (Å²) in [4.78, 5) is 23.1. The van der Waals surface area contributed by atoms with Gasteiger partial charge in [-0.1, -0.05) is 30.3 Å². The molecule has 2 amide bonds. The molecular weight excluding hydrogens is 216 g/mol. The highest BCUT2D eigenvalue weighted by Crippen LogP contribution is 2.51. The largest absolute Gasteiger partial charge is 0.357 e. The lowest BCUT2D eigenvalue weighted by Crippen LogP contribution is -2.48. The number of amides is 2. The first kappa shape index (κ1) is 11.6. The molecule has 0 radical (unpaired) electrons. The molecule has 1 aromatic carbocycles. The van der Waals surface area contributed by atoms with E-state index < -0.39 is 5.54 Å². The summed E-state index contributed by atoms with van der Waals surface area (Å²) < 4.78 is 0. The summed E-state index contributed by atoms with van der Waals surface area (Å²) >= 11 is 0. The van der Waals surface area contributed by atoms with Crippen LogP contribution in [0.3, 0.4) is 0 Å². The highest BCUT2D eigenvalue weighted by atomic mass is 16.2. The van der Waals surface area contributed by atoms with Crippen molar-refractivity contribution in [1.82, 2.24) is 10.6 Å². The predicted octanol–water partition coefficient (Wildman–Crippen LogP) is 0.795. The van der Waals surface area contributed by atoms with Crippen LogP contribution in [0.4, 0.5) is 0 Å². The average molecular weight is 232 g/mol. The molecule has 1 fully saturated rings. The van der Waals surface area contributed by atoms with Crippen LogP contribution in [-0.2, 0) is 9.59 Å². The quantitative estimate of drug-likeness (QED) is 0.809. The van der Waals surface area contributed by atoms with E-state index in [0.29, 0.717) is 6.42 Å². The number of hydrogen-bond acceptors (Lipinski definition) is 2. The molecule has 90 valence electrons. The molecule has 17 heavy (non-hydrogen) atoms. The number of nitrogens with one attached hydrogen (secondary N) is 2. The molecule has 1 aliphatic carbocycles. The lowest BCUT2D eigenvalue weighted by Gasteiger charge is -2.16. The van der Waals surface area contributed by atoms with E-state index in [1.54, 1.807) is 7.05 Å². The van der Waals surface area contributed by atoms with Crippen LogP contribution in [0.2, 0.25) is 0 Å². The van der Waals surface area contributed by atoms with Crippen molar-refractivity contribution in [3.05, 3.63) is 35.9 Å². The Morgan fingerprint density at radius 1 is 1.29 bits per heavy atom. The summed E-state index contributed by atoms with van der Waals surface area (Å²) in [6.45, 7) is 1.44. The van der Waals surface area contributed by atoms with Gasteiger partial charge in [-0.3, -0.25) is 9.59 Å². The van der Waals surface area contributed by atoms with E-state index in [0.717, 1.165) is 5.56 Å². The summed E-state index contributed by atoms with van der Waals surface area (Å²) in [6.07, 6.45) is 0.663. The van der Waals surface area contributed by atoms with Crippen LogP contribution < -0.4 is 10.6 Å². The average Bonchev–Trinajstić information content (AvgIpc) is 3.04. The first-order valence-electron chi connectivity index (χ1n) is 5.66. The minimum Gasteiger partial charge on any atom is -0.357 e. The van der Waals surface area contributed by atoms with Crippen molar-refractivity contribution < 1.29 is 9.59 Å². The van der Waals surface area contributed by atoms with Gasteiger partial charge in [-0.15, -0.1) is 0 Å². The van der Waals surface area contributed by atoms with Crippen LogP contribution in [0.5, 0.6) is 0 Å². The number of carbonyl (C=O) groups excluding carboxylic acids is 2. The van der Waals surface area contributed by atoms with E-state index >= 15 is 0 Å². The van der Waals surface area contributed by atoms with Gasteiger partial charge in [0, 0.05) is 19.9 Å². The highest BCUT2D eigenvalue weighted by molar-refractivity contribution is 5.95. The molecule has 1 saturated carbocycles. The summed E-state index contributed by atoms with van der Waals surface area (Å²) in [7, 11) is 1.59. The highest BCUT2D eigenvalue weighted by Gasteiger charge is 2.61. The van der Waals surface area contributed by atoms with Crippen LogP contribution >= 0.6 is 0 Å². The van der Waals surface area contributed by atoms with Gasteiger partial charge in [0.25, 0.3) is 0 Å². The van der Waals surface area contributed by atoms with Gasteiger partial charge in [-0.2, -0.15) is 0 Å². The number of carbonyl (C=O) groups is 2. The van der Waals surface area contributed by atoms with Crippen LogP contribution in [-0.4, -0.2) is 24.4 Å². The van der Waals surface area contributed by atoms with Crippen molar-refractivity contribution in [3.8, 4) is 0 Å². The van der Waals surface area contributed by atoms with Gasteiger partial charge in [0.05, 0.1) is 0 Å². The van der Waals surface area contributed by atoms with Crippen LogP contribution in [0.1, 0.15) is 24.8 Å². The maximum atomic E-state index is 11.9. The molecule has 0 saturated heterocycles. The molecule has 0 aliphatic heterocycles. The second-order valence-electron chi connectivity index (χ2n) is 4.40. The zero-order valence-corrected chi connectivity index (χ0v) is 9.99. The Morgan fingerprint density at radius 2 is 1.94 bits per heavy atom. The van der Waals surface area contributed by atoms with Crippen molar-refractivity contribution >= 4 is 11.8 Å². The molecular formula is C13H16N2O2. The second-order valence-corrected chi connectivity index (χ2v) is 4.40. The minimum absolute atomic E-state index is 0.0764. The fourth-order valence-corrected chi connectivity index (χ4v) is 2.33. The number of benzene rings is 1. The molecule has 0 unspecified atom stereocenters. The van der Waals surface area contributed by atoms with Gasteiger partial charge >= 0.3 is 0 Å². The normalized spacial score (nSPS) is 26.1. The lowest BCUT2D eigenvalue weighted by atomic mass is 10.1. The number of likely N-dealkylation sites (N-methyl/N-ethyl adjacent to an activating group) is 1. The molecule has 0 aromatic heterocycles. The van der Waals surface area contributed by atoms with Crippen molar-refractivity contribution in [3.63, 3.8) is 0 Å². The molecule has 4 nitrogen and oxygen atoms in total. The molecule has 0 spiro atoms. The third kappa shape index (κ3) is 2.02. The van der Waals surface area contributed by atoms with Gasteiger partial charge in [-0.25, -0.2) is 0 Å². The van der Waals surface area contributed by atoms with E-state index in [9.17, 15) is 9.59 Å². The Morgan fingerprint density at radius 3 is 2.47 bits per heavy atom. The Balaban J connectivity index is 2.23. The maximum Gasteiger partial charge on any atom is 0.246 e. The number of hydrogen-bond donors (Lipinski definition) is 2. The lowest BCUT2D eigenvalue weighted by molar-refractivity contribution is -0.129. The smallest absolute Gasteiger partial charge is 0.246 e.